The van der Waals surface area contributed by atoms with Crippen molar-refractivity contribution in [3.05, 3.63) is 72.1 Å². The molecule has 3 aromatic heterocycles. The first-order chi connectivity index (χ1) is 12.6. The molecule has 0 bridgehead atoms. The van der Waals surface area contributed by atoms with Crippen LogP contribution in [-0.4, -0.2) is 21.4 Å². The molecule has 0 saturated carbocycles. The third-order valence-electron chi connectivity index (χ3n) is 4.24. The monoisotopic (exact) mass is 348 g/mol. The first-order valence-corrected chi connectivity index (χ1v) is 7.75. The van der Waals surface area contributed by atoms with E-state index in [1.807, 2.05) is 0 Å². The van der Waals surface area contributed by atoms with E-state index in [2.05, 4.69) is 4.98 Å². The van der Waals surface area contributed by atoms with Crippen molar-refractivity contribution in [2.75, 3.05) is 0 Å². The minimum atomic E-state index is -0.779. The zero-order valence-corrected chi connectivity index (χ0v) is 13.1. The smallest absolute Gasteiger partial charge is 0.379 e. The molecule has 4 heterocycles. The van der Waals surface area contributed by atoms with Gasteiger partial charge in [-0.1, -0.05) is 0 Å². The number of aromatic nitrogens is 2. The van der Waals surface area contributed by atoms with Crippen molar-refractivity contribution in [2.24, 2.45) is 0 Å². The molecule has 0 saturated heterocycles. The number of pyridine rings is 1. The summed E-state index contributed by atoms with van der Waals surface area (Å²) < 4.78 is 25.7. The van der Waals surface area contributed by atoms with Gasteiger partial charge in [-0.15, -0.1) is 0 Å². The van der Waals surface area contributed by atoms with Gasteiger partial charge in [-0.25, -0.2) is 14.2 Å². The summed E-state index contributed by atoms with van der Waals surface area (Å²) in [6.45, 7) is 0. The van der Waals surface area contributed by atoms with Gasteiger partial charge in [0.25, 0.3) is 5.91 Å². The van der Waals surface area contributed by atoms with Crippen LogP contribution in [0.5, 0.6) is 5.75 Å². The Hall–Kier alpha value is -3.74. The maximum atomic E-state index is 13.8. The van der Waals surface area contributed by atoms with E-state index in [9.17, 15) is 14.0 Å². The van der Waals surface area contributed by atoms with Gasteiger partial charge in [-0.3, -0.25) is 9.36 Å². The van der Waals surface area contributed by atoms with E-state index < -0.39 is 11.8 Å². The van der Waals surface area contributed by atoms with Crippen LogP contribution in [0.4, 0.5) is 4.39 Å². The number of carbonyl (C=O) groups is 2. The van der Waals surface area contributed by atoms with Gasteiger partial charge in [0.15, 0.2) is 5.75 Å². The Kier molecular flexibility index (Phi) is 2.88. The lowest BCUT2D eigenvalue weighted by Gasteiger charge is -2.11. The Balaban J connectivity index is 1.78. The van der Waals surface area contributed by atoms with Crippen LogP contribution in [-0.2, 0) is 0 Å². The molecule has 6 nitrogen and oxygen atoms in total. The van der Waals surface area contributed by atoms with Crippen LogP contribution in [0.3, 0.4) is 0 Å². The summed E-state index contributed by atoms with van der Waals surface area (Å²) >= 11 is 0. The van der Waals surface area contributed by atoms with E-state index in [0.29, 0.717) is 16.9 Å². The number of ether oxygens (including phenoxy) is 1. The predicted octanol–water partition coefficient (Wildman–Crippen LogP) is 3.66. The second-order valence-electron chi connectivity index (χ2n) is 5.76. The normalized spacial score (nSPS) is 12.3. The molecule has 5 rings (SSSR count). The van der Waals surface area contributed by atoms with E-state index in [1.165, 1.54) is 35.1 Å². The van der Waals surface area contributed by atoms with Crippen molar-refractivity contribution in [1.82, 2.24) is 9.55 Å². The summed E-state index contributed by atoms with van der Waals surface area (Å²) in [5.74, 6) is -1.75. The highest BCUT2D eigenvalue weighted by Crippen LogP contribution is 2.41. The van der Waals surface area contributed by atoms with E-state index in [-0.39, 0.29) is 28.4 Å². The van der Waals surface area contributed by atoms with E-state index >= 15 is 0 Å². The van der Waals surface area contributed by atoms with Crippen molar-refractivity contribution < 1.29 is 23.1 Å². The maximum Gasteiger partial charge on any atom is 0.379 e. The minimum absolute atomic E-state index is 0.0230. The summed E-state index contributed by atoms with van der Waals surface area (Å²) in [6.07, 6.45) is 2.94. The molecule has 26 heavy (non-hydrogen) atoms. The number of nitrogens with zero attached hydrogens (tertiary/aromatic N) is 2. The van der Waals surface area contributed by atoms with Crippen molar-refractivity contribution in [1.29, 1.82) is 0 Å². The zero-order valence-electron chi connectivity index (χ0n) is 13.1. The molecule has 0 spiro atoms. The summed E-state index contributed by atoms with van der Waals surface area (Å²) in [4.78, 5) is 29.6. The third-order valence-corrected chi connectivity index (χ3v) is 4.24. The molecule has 1 aliphatic heterocycles. The van der Waals surface area contributed by atoms with Gasteiger partial charge in [-0.2, -0.15) is 0 Å². The SMILES string of the molecule is O=C(Oc1c2c(nc3ccc(F)cc13)-c1cccn1C2=O)c1ccco1. The highest BCUT2D eigenvalue weighted by Gasteiger charge is 2.34. The molecule has 0 amide bonds. The molecule has 0 unspecified atom stereocenters. The fourth-order valence-corrected chi connectivity index (χ4v) is 3.11. The molecule has 126 valence electrons. The number of hydrogen-bond acceptors (Lipinski definition) is 5. The van der Waals surface area contributed by atoms with Gasteiger partial charge in [0, 0.05) is 11.6 Å². The van der Waals surface area contributed by atoms with Gasteiger partial charge >= 0.3 is 5.97 Å². The van der Waals surface area contributed by atoms with Gasteiger partial charge < -0.3 is 9.15 Å². The second-order valence-corrected chi connectivity index (χ2v) is 5.76. The molecule has 0 radical (unpaired) electrons. The molecule has 0 fully saturated rings. The van der Waals surface area contributed by atoms with Crippen LogP contribution < -0.4 is 4.74 Å². The lowest BCUT2D eigenvalue weighted by atomic mass is 10.1. The molecule has 7 heteroatoms. The lowest BCUT2D eigenvalue weighted by Crippen LogP contribution is -2.13. The lowest BCUT2D eigenvalue weighted by molar-refractivity contribution is 0.0702. The number of carbonyl (C=O) groups excluding carboxylic acids is 2. The van der Waals surface area contributed by atoms with Crippen molar-refractivity contribution in [2.45, 2.75) is 0 Å². The Bertz CT molecular complexity index is 1210. The largest absolute Gasteiger partial charge is 0.457 e. The standard InChI is InChI=1S/C19H9FN2O4/c20-10-5-6-12-11(9-10)17(26-19(24)14-4-2-8-25-14)15-16(21-12)13-3-1-7-22(13)18(15)23/h1-9H. The fraction of sp³-hybridized carbons (Fsp3) is 0. The average Bonchev–Trinajstić information content (AvgIpc) is 3.35. The van der Waals surface area contributed by atoms with E-state index in [1.54, 1.807) is 24.4 Å². The first-order valence-electron chi connectivity index (χ1n) is 7.75. The molecular weight excluding hydrogens is 339 g/mol. The Morgan fingerprint density at radius 3 is 2.88 bits per heavy atom. The number of halogens is 1. The summed E-state index contributed by atoms with van der Waals surface area (Å²) in [7, 11) is 0. The van der Waals surface area contributed by atoms with Crippen molar-refractivity contribution >= 4 is 22.8 Å². The maximum absolute atomic E-state index is 13.8. The molecule has 0 N–H and O–H groups in total. The average molecular weight is 348 g/mol. The van der Waals surface area contributed by atoms with Gasteiger partial charge in [0.05, 0.1) is 17.5 Å². The van der Waals surface area contributed by atoms with Gasteiger partial charge in [0.2, 0.25) is 5.76 Å². The third kappa shape index (κ3) is 1.94. The van der Waals surface area contributed by atoms with Crippen LogP contribution in [0.15, 0.2) is 59.3 Å². The highest BCUT2D eigenvalue weighted by molar-refractivity contribution is 6.14. The van der Waals surface area contributed by atoms with Crippen molar-refractivity contribution in [3.8, 4) is 17.1 Å². The van der Waals surface area contributed by atoms with Crippen LogP contribution >= 0.6 is 0 Å². The molecule has 1 aromatic carbocycles. The van der Waals surface area contributed by atoms with Crippen LogP contribution in [0.2, 0.25) is 0 Å². The number of benzene rings is 1. The summed E-state index contributed by atoms with van der Waals surface area (Å²) in [6, 6.07) is 10.4. The van der Waals surface area contributed by atoms with E-state index in [0.717, 1.165) is 0 Å². The van der Waals surface area contributed by atoms with Gasteiger partial charge in [-0.05, 0) is 42.5 Å². The predicted molar refractivity (Wildman–Crippen MR) is 88.5 cm³/mol. The Morgan fingerprint density at radius 2 is 2.08 bits per heavy atom. The fourth-order valence-electron chi connectivity index (χ4n) is 3.11. The molecule has 4 aromatic rings. The number of rotatable bonds is 2. The number of furan rings is 1. The minimum Gasteiger partial charge on any atom is -0.457 e. The first kappa shape index (κ1) is 14.6. The van der Waals surface area contributed by atoms with Crippen molar-refractivity contribution in [3.63, 3.8) is 0 Å². The second kappa shape index (κ2) is 5.13. The molecule has 0 atom stereocenters. The summed E-state index contributed by atoms with van der Waals surface area (Å²) in [5.41, 5.74) is 1.52. The Morgan fingerprint density at radius 1 is 1.19 bits per heavy atom. The number of fused-ring (bicyclic) bond motifs is 4. The Labute approximate surface area is 145 Å². The zero-order chi connectivity index (χ0) is 17.8. The number of hydrogen-bond donors (Lipinski definition) is 0. The van der Waals surface area contributed by atoms with Crippen LogP contribution in [0, 0.1) is 5.82 Å². The number of esters is 1. The molecular formula is C19H9FN2O4. The van der Waals surface area contributed by atoms with Crippen LogP contribution in [0.25, 0.3) is 22.3 Å². The molecule has 0 aliphatic carbocycles. The van der Waals surface area contributed by atoms with E-state index in [4.69, 9.17) is 9.15 Å². The van der Waals surface area contributed by atoms with Gasteiger partial charge in [0.1, 0.15) is 17.1 Å². The molecule has 1 aliphatic rings. The highest BCUT2D eigenvalue weighted by atomic mass is 19.1. The topological polar surface area (TPSA) is 74.3 Å². The quantitative estimate of drug-likeness (QED) is 0.455. The van der Waals surface area contributed by atoms with Crippen LogP contribution in [0.1, 0.15) is 20.9 Å². The summed E-state index contributed by atoms with van der Waals surface area (Å²) in [5, 5.41) is 0.239.